The van der Waals surface area contributed by atoms with Gasteiger partial charge in [-0.05, 0) is 30.9 Å². The van der Waals surface area contributed by atoms with Gasteiger partial charge in [-0.3, -0.25) is 9.69 Å². The van der Waals surface area contributed by atoms with E-state index in [1.54, 1.807) is 0 Å². The molecule has 24 heavy (non-hydrogen) atoms. The number of likely N-dealkylation sites (N-methyl/N-ethyl adjacent to an activating group) is 1. The molecular formula is C20H33N3O. The smallest absolute Gasteiger partial charge is 0.237 e. The van der Waals surface area contributed by atoms with Crippen LogP contribution in [-0.4, -0.2) is 35.5 Å². The van der Waals surface area contributed by atoms with E-state index in [2.05, 4.69) is 47.5 Å². The van der Waals surface area contributed by atoms with Gasteiger partial charge in [-0.2, -0.15) is 0 Å². The number of carbonyl (C=O) groups excluding carboxylic acids is 1. The Morgan fingerprint density at radius 1 is 1.25 bits per heavy atom. The third kappa shape index (κ3) is 5.05. The minimum atomic E-state index is -0.420. The lowest BCUT2D eigenvalue weighted by Gasteiger charge is -2.40. The van der Waals surface area contributed by atoms with Gasteiger partial charge in [-0.15, -0.1) is 0 Å². The number of carbonyl (C=O) groups is 1. The maximum atomic E-state index is 12.4. The highest BCUT2D eigenvalue weighted by Gasteiger charge is 2.32. The first-order valence-corrected chi connectivity index (χ1v) is 9.36. The Morgan fingerprint density at radius 2 is 1.92 bits per heavy atom. The van der Waals surface area contributed by atoms with Crippen LogP contribution in [0.4, 0.5) is 0 Å². The lowest BCUT2D eigenvalue weighted by Crippen LogP contribution is -2.56. The molecule has 0 spiro atoms. The number of benzene rings is 1. The summed E-state index contributed by atoms with van der Waals surface area (Å²) < 4.78 is 0. The van der Waals surface area contributed by atoms with E-state index in [4.69, 9.17) is 5.73 Å². The number of rotatable bonds is 7. The van der Waals surface area contributed by atoms with E-state index >= 15 is 0 Å². The van der Waals surface area contributed by atoms with Gasteiger partial charge < -0.3 is 11.1 Å². The zero-order chi connectivity index (χ0) is 17.5. The van der Waals surface area contributed by atoms with Crippen molar-refractivity contribution in [1.82, 2.24) is 10.2 Å². The largest absolute Gasteiger partial charge is 0.350 e. The molecule has 0 aliphatic heterocycles. The van der Waals surface area contributed by atoms with E-state index in [9.17, 15) is 4.79 Å². The second-order valence-corrected chi connectivity index (χ2v) is 7.29. The molecule has 1 aliphatic carbocycles. The third-order valence-electron chi connectivity index (χ3n) is 5.18. The van der Waals surface area contributed by atoms with Crippen molar-refractivity contribution in [3.8, 4) is 0 Å². The van der Waals surface area contributed by atoms with E-state index in [0.717, 1.165) is 25.9 Å². The van der Waals surface area contributed by atoms with Crippen molar-refractivity contribution in [2.24, 2.45) is 11.7 Å². The molecule has 2 rings (SSSR count). The fourth-order valence-corrected chi connectivity index (χ4v) is 3.58. The van der Waals surface area contributed by atoms with E-state index in [1.807, 2.05) is 13.8 Å². The fourth-order valence-electron chi connectivity index (χ4n) is 3.58. The number of nitrogens with one attached hydrogen (secondary N) is 1. The zero-order valence-electron chi connectivity index (χ0n) is 15.4. The Hall–Kier alpha value is -1.39. The lowest BCUT2D eigenvalue weighted by atomic mass is 9.88. The Bertz CT molecular complexity index is 503. The minimum Gasteiger partial charge on any atom is -0.350 e. The van der Waals surface area contributed by atoms with Crippen LogP contribution in [0.3, 0.4) is 0 Å². The maximum Gasteiger partial charge on any atom is 0.237 e. The standard InChI is InChI=1S/C20H33N3O/c1-4-23(14-16-10-6-5-7-11-16)18-13-9-8-12-17(18)22-20(24)19(21)15(2)3/h5-7,10-11,15,17-19H,4,8-9,12-14,21H2,1-3H3,(H,22,24)/t17?,18?,19-/m0/s1. The topological polar surface area (TPSA) is 58.4 Å². The average molecular weight is 332 g/mol. The quantitative estimate of drug-likeness (QED) is 0.808. The van der Waals surface area contributed by atoms with E-state index in [0.29, 0.717) is 6.04 Å². The predicted molar refractivity (Wildman–Crippen MR) is 99.5 cm³/mol. The molecule has 1 amide bonds. The number of amides is 1. The second kappa shape index (κ2) is 9.19. The zero-order valence-corrected chi connectivity index (χ0v) is 15.4. The monoisotopic (exact) mass is 331 g/mol. The molecule has 1 saturated carbocycles. The van der Waals surface area contributed by atoms with Crippen molar-refractivity contribution >= 4 is 5.91 Å². The van der Waals surface area contributed by atoms with Crippen LogP contribution in [0.2, 0.25) is 0 Å². The second-order valence-electron chi connectivity index (χ2n) is 7.29. The number of hydrogen-bond acceptors (Lipinski definition) is 3. The highest BCUT2D eigenvalue weighted by atomic mass is 16.2. The summed E-state index contributed by atoms with van der Waals surface area (Å²) in [6.45, 7) is 8.12. The van der Waals surface area contributed by atoms with Gasteiger partial charge in [-0.25, -0.2) is 0 Å². The average Bonchev–Trinajstić information content (AvgIpc) is 2.60. The van der Waals surface area contributed by atoms with Crippen LogP contribution in [0.1, 0.15) is 52.0 Å². The molecule has 0 radical (unpaired) electrons. The highest BCUT2D eigenvalue weighted by Crippen LogP contribution is 2.25. The van der Waals surface area contributed by atoms with Crippen LogP contribution in [-0.2, 0) is 11.3 Å². The summed E-state index contributed by atoms with van der Waals surface area (Å²) in [6.07, 6.45) is 4.61. The van der Waals surface area contributed by atoms with Gasteiger partial charge in [0.15, 0.2) is 0 Å². The van der Waals surface area contributed by atoms with Crippen LogP contribution < -0.4 is 11.1 Å². The Labute approximate surface area is 146 Å². The van der Waals surface area contributed by atoms with E-state index < -0.39 is 6.04 Å². The van der Waals surface area contributed by atoms with Crippen molar-refractivity contribution in [3.63, 3.8) is 0 Å². The molecule has 4 nitrogen and oxygen atoms in total. The van der Waals surface area contributed by atoms with Gasteiger partial charge in [-0.1, -0.05) is 63.9 Å². The van der Waals surface area contributed by atoms with Crippen LogP contribution in [0.15, 0.2) is 30.3 Å². The Kier molecular flexibility index (Phi) is 7.25. The summed E-state index contributed by atoms with van der Waals surface area (Å²) in [5, 5.41) is 3.25. The Balaban J connectivity index is 2.05. The minimum absolute atomic E-state index is 0.00216. The molecule has 4 heteroatoms. The molecule has 0 aromatic heterocycles. The molecular weight excluding hydrogens is 298 g/mol. The molecule has 3 N–H and O–H groups in total. The Morgan fingerprint density at radius 3 is 2.54 bits per heavy atom. The van der Waals surface area contributed by atoms with Crippen molar-refractivity contribution in [3.05, 3.63) is 35.9 Å². The summed E-state index contributed by atoms with van der Waals surface area (Å²) in [6, 6.07) is 10.8. The molecule has 2 unspecified atom stereocenters. The molecule has 0 saturated heterocycles. The normalized spacial score (nSPS) is 22.6. The maximum absolute atomic E-state index is 12.4. The predicted octanol–water partition coefficient (Wildman–Crippen LogP) is 2.92. The molecule has 0 bridgehead atoms. The van der Waals surface area contributed by atoms with Crippen LogP contribution >= 0.6 is 0 Å². The van der Waals surface area contributed by atoms with Gasteiger partial charge >= 0.3 is 0 Å². The van der Waals surface area contributed by atoms with Crippen LogP contribution in [0.5, 0.6) is 0 Å². The number of nitrogens with zero attached hydrogens (tertiary/aromatic N) is 1. The molecule has 134 valence electrons. The molecule has 1 aromatic carbocycles. The van der Waals surface area contributed by atoms with Crippen molar-refractivity contribution in [2.45, 2.75) is 71.1 Å². The van der Waals surface area contributed by atoms with Gasteiger partial charge in [0.2, 0.25) is 5.91 Å². The van der Waals surface area contributed by atoms with Gasteiger partial charge in [0.1, 0.15) is 0 Å². The number of nitrogens with two attached hydrogens (primary N) is 1. The van der Waals surface area contributed by atoms with E-state index in [1.165, 1.54) is 18.4 Å². The molecule has 1 aromatic rings. The highest BCUT2D eigenvalue weighted by molar-refractivity contribution is 5.82. The molecule has 0 heterocycles. The van der Waals surface area contributed by atoms with Gasteiger partial charge in [0.05, 0.1) is 6.04 Å². The van der Waals surface area contributed by atoms with Gasteiger partial charge in [0.25, 0.3) is 0 Å². The van der Waals surface area contributed by atoms with Crippen LogP contribution in [0.25, 0.3) is 0 Å². The van der Waals surface area contributed by atoms with Crippen molar-refractivity contribution < 1.29 is 4.79 Å². The first-order valence-electron chi connectivity index (χ1n) is 9.36. The van der Waals surface area contributed by atoms with Crippen molar-refractivity contribution in [2.75, 3.05) is 6.54 Å². The molecule has 3 atom stereocenters. The fraction of sp³-hybridized carbons (Fsp3) is 0.650. The summed E-state index contributed by atoms with van der Waals surface area (Å²) in [4.78, 5) is 14.9. The summed E-state index contributed by atoms with van der Waals surface area (Å²) in [7, 11) is 0. The molecule has 1 fully saturated rings. The van der Waals surface area contributed by atoms with E-state index in [-0.39, 0.29) is 17.9 Å². The molecule has 1 aliphatic rings. The SMILES string of the molecule is CCN(Cc1ccccc1)C1CCCCC1NC(=O)[C@@H](N)C(C)C. The number of hydrogen-bond donors (Lipinski definition) is 2. The van der Waals surface area contributed by atoms with Gasteiger partial charge in [0, 0.05) is 18.6 Å². The van der Waals surface area contributed by atoms with Crippen LogP contribution in [0, 0.1) is 5.92 Å². The first kappa shape index (κ1) is 18.9. The first-order chi connectivity index (χ1) is 11.5. The van der Waals surface area contributed by atoms with Crippen molar-refractivity contribution in [1.29, 1.82) is 0 Å². The third-order valence-corrected chi connectivity index (χ3v) is 5.18. The summed E-state index contributed by atoms with van der Waals surface area (Å²) in [5.74, 6) is 0.163. The summed E-state index contributed by atoms with van der Waals surface area (Å²) in [5.41, 5.74) is 7.36. The lowest BCUT2D eigenvalue weighted by molar-refractivity contribution is -0.124. The summed E-state index contributed by atoms with van der Waals surface area (Å²) >= 11 is 0.